The Hall–Kier alpha value is -2.12. The molecule has 0 spiro atoms. The van der Waals surface area contributed by atoms with E-state index in [0.717, 1.165) is 54.3 Å². The summed E-state index contributed by atoms with van der Waals surface area (Å²) in [4.78, 5) is 3.65. The number of likely N-dealkylation sites (tertiary alicyclic amines) is 1. The van der Waals surface area contributed by atoms with Crippen LogP contribution in [0.2, 0.25) is 18.1 Å². The second-order valence-electron chi connectivity index (χ2n) is 12.1. The maximum Gasteiger partial charge on any atom is 0.192 e. The number of hydrogen-bond acceptors (Lipinski definition) is 6. The summed E-state index contributed by atoms with van der Waals surface area (Å²) in [6.45, 7) is 20.9. The van der Waals surface area contributed by atoms with E-state index in [-0.39, 0.29) is 5.04 Å². The van der Waals surface area contributed by atoms with E-state index in [0.29, 0.717) is 16.7 Å². The van der Waals surface area contributed by atoms with E-state index < -0.39 is 8.32 Å². The highest BCUT2D eigenvalue weighted by Gasteiger charge is 2.37. The molecular formula is C28H42N6OSSi. The Morgan fingerprint density at radius 3 is 2.68 bits per heavy atom. The van der Waals surface area contributed by atoms with E-state index in [1.807, 2.05) is 16.9 Å². The lowest BCUT2D eigenvalue weighted by atomic mass is 9.98. The zero-order chi connectivity index (χ0) is 26.8. The van der Waals surface area contributed by atoms with E-state index in [9.17, 15) is 5.26 Å². The van der Waals surface area contributed by atoms with Gasteiger partial charge in [0.15, 0.2) is 8.32 Å². The Morgan fingerprint density at radius 2 is 1.97 bits per heavy atom. The summed E-state index contributed by atoms with van der Waals surface area (Å²) in [5.74, 6) is 0.591. The van der Waals surface area contributed by atoms with Crippen molar-refractivity contribution >= 4 is 25.6 Å². The molecule has 1 saturated heterocycles. The summed E-state index contributed by atoms with van der Waals surface area (Å²) < 4.78 is 10.4. The molecule has 1 atom stereocenters. The number of thioether (sulfide) groups is 1. The lowest BCUT2D eigenvalue weighted by Crippen LogP contribution is -2.44. The number of fused-ring (bicyclic) bond motifs is 1. The zero-order valence-electron chi connectivity index (χ0n) is 23.5. The standard InChI is InChI=1S/C28H42N6OSSi/c1-21(2)36-26-13-23(20-34-27(26)24(14-29)15-31-34)25-16-30-33(19-25)18-22-9-8-10-32(17-22)11-12-35-37(6,7)28(3,4)5/h13,15-16,19-22H,8-12,17-18H2,1-7H3/t22-/m1/s1. The molecule has 37 heavy (non-hydrogen) atoms. The number of pyridine rings is 1. The lowest BCUT2D eigenvalue weighted by Gasteiger charge is -2.38. The molecule has 1 aliphatic heterocycles. The summed E-state index contributed by atoms with van der Waals surface area (Å²) in [6, 6.07) is 4.45. The van der Waals surface area contributed by atoms with Crippen LogP contribution in [0.1, 0.15) is 53.0 Å². The van der Waals surface area contributed by atoms with Gasteiger partial charge in [-0.1, -0.05) is 34.6 Å². The molecule has 1 aliphatic rings. The van der Waals surface area contributed by atoms with Crippen LogP contribution in [-0.2, 0) is 11.0 Å². The minimum Gasteiger partial charge on any atom is -0.416 e. The first kappa shape index (κ1) is 27.9. The van der Waals surface area contributed by atoms with Crippen LogP contribution in [0.5, 0.6) is 0 Å². The molecule has 4 heterocycles. The highest BCUT2D eigenvalue weighted by Crippen LogP contribution is 2.36. The first-order valence-corrected chi connectivity index (χ1v) is 17.2. The van der Waals surface area contributed by atoms with Gasteiger partial charge in [-0.25, -0.2) is 4.52 Å². The maximum absolute atomic E-state index is 9.53. The summed E-state index contributed by atoms with van der Waals surface area (Å²) in [7, 11) is -1.69. The molecule has 4 rings (SSSR count). The van der Waals surface area contributed by atoms with E-state index >= 15 is 0 Å². The smallest absolute Gasteiger partial charge is 0.192 e. The molecule has 0 saturated carbocycles. The minimum atomic E-state index is -1.69. The highest BCUT2D eigenvalue weighted by atomic mass is 32.2. The van der Waals surface area contributed by atoms with Crippen molar-refractivity contribution < 1.29 is 4.43 Å². The average molecular weight is 539 g/mol. The second kappa shape index (κ2) is 11.3. The SMILES string of the molecule is CC(C)Sc1cc(-c2cnn(C[C@@H]3CCCN(CCO[Si](C)(C)C(C)(C)C)C3)c2)cn2ncc(C#N)c12. The van der Waals surface area contributed by atoms with Crippen molar-refractivity contribution in [2.24, 2.45) is 5.92 Å². The molecule has 0 aliphatic carbocycles. The van der Waals surface area contributed by atoms with Gasteiger partial charge in [-0.15, -0.1) is 11.8 Å². The van der Waals surface area contributed by atoms with Crippen LogP contribution in [0.3, 0.4) is 0 Å². The van der Waals surface area contributed by atoms with Gasteiger partial charge in [0.1, 0.15) is 6.07 Å². The van der Waals surface area contributed by atoms with E-state index in [1.54, 1.807) is 18.0 Å². The summed E-state index contributed by atoms with van der Waals surface area (Å²) in [6.07, 6.45) is 10.2. The van der Waals surface area contributed by atoms with E-state index in [1.165, 1.54) is 12.8 Å². The molecule has 0 N–H and O–H groups in total. The van der Waals surface area contributed by atoms with Gasteiger partial charge in [-0.05, 0) is 49.5 Å². The quantitative estimate of drug-likeness (QED) is 0.235. The van der Waals surface area contributed by atoms with Crippen LogP contribution in [0.25, 0.3) is 16.6 Å². The molecule has 0 unspecified atom stereocenters. The molecule has 9 heteroatoms. The summed E-state index contributed by atoms with van der Waals surface area (Å²) >= 11 is 1.76. The predicted molar refractivity (Wildman–Crippen MR) is 154 cm³/mol. The summed E-state index contributed by atoms with van der Waals surface area (Å²) in [5.41, 5.74) is 3.65. The molecule has 200 valence electrons. The lowest BCUT2D eigenvalue weighted by molar-refractivity contribution is 0.132. The molecule has 3 aromatic heterocycles. The van der Waals surface area contributed by atoms with Gasteiger partial charge in [-0.2, -0.15) is 15.5 Å². The number of hydrogen-bond donors (Lipinski definition) is 0. The molecule has 0 aromatic carbocycles. The highest BCUT2D eigenvalue weighted by molar-refractivity contribution is 8.00. The Bertz CT molecular complexity index is 1250. The Balaban J connectivity index is 1.41. The Labute approximate surface area is 227 Å². The average Bonchev–Trinajstić information content (AvgIpc) is 3.45. The maximum atomic E-state index is 9.53. The fourth-order valence-electron chi connectivity index (χ4n) is 4.69. The topological polar surface area (TPSA) is 71.4 Å². The number of aromatic nitrogens is 4. The van der Waals surface area contributed by atoms with Crippen molar-refractivity contribution in [3.05, 3.63) is 36.4 Å². The van der Waals surface area contributed by atoms with Gasteiger partial charge in [0, 0.05) is 59.9 Å². The first-order chi connectivity index (χ1) is 17.5. The normalized spacial score (nSPS) is 17.5. The Morgan fingerprint density at radius 1 is 1.19 bits per heavy atom. The number of piperidine rings is 1. The van der Waals surface area contributed by atoms with Crippen molar-refractivity contribution in [2.45, 2.75) is 82.3 Å². The van der Waals surface area contributed by atoms with Gasteiger partial charge in [0.25, 0.3) is 0 Å². The number of rotatable bonds is 9. The van der Waals surface area contributed by atoms with Crippen LogP contribution < -0.4 is 0 Å². The number of nitrogens with zero attached hydrogens (tertiary/aromatic N) is 6. The monoisotopic (exact) mass is 538 g/mol. The van der Waals surface area contributed by atoms with Crippen molar-refractivity contribution in [1.29, 1.82) is 5.26 Å². The van der Waals surface area contributed by atoms with E-state index in [2.05, 4.69) is 80.7 Å². The molecule has 1 fully saturated rings. The van der Waals surface area contributed by atoms with Crippen LogP contribution in [0.15, 0.2) is 35.7 Å². The molecule has 0 radical (unpaired) electrons. The zero-order valence-corrected chi connectivity index (χ0v) is 25.3. The molecule has 0 bridgehead atoms. The third-order valence-electron chi connectivity index (χ3n) is 7.75. The van der Waals surface area contributed by atoms with Gasteiger partial charge < -0.3 is 9.33 Å². The van der Waals surface area contributed by atoms with Crippen molar-refractivity contribution in [3.8, 4) is 17.2 Å². The van der Waals surface area contributed by atoms with Gasteiger partial charge in [0.05, 0.1) is 23.5 Å². The number of nitriles is 1. The Kier molecular flexibility index (Phi) is 8.54. The van der Waals surface area contributed by atoms with Gasteiger partial charge in [0.2, 0.25) is 0 Å². The van der Waals surface area contributed by atoms with Crippen molar-refractivity contribution in [3.63, 3.8) is 0 Å². The summed E-state index contributed by atoms with van der Waals surface area (Å²) in [5, 5.41) is 19.3. The van der Waals surface area contributed by atoms with Crippen molar-refractivity contribution in [1.82, 2.24) is 24.3 Å². The third kappa shape index (κ3) is 6.66. The molecule has 7 nitrogen and oxygen atoms in total. The van der Waals surface area contributed by atoms with Crippen LogP contribution >= 0.6 is 11.8 Å². The fourth-order valence-corrected chi connectivity index (χ4v) is 6.75. The van der Waals surface area contributed by atoms with Crippen LogP contribution in [0, 0.1) is 17.2 Å². The van der Waals surface area contributed by atoms with Crippen molar-refractivity contribution in [2.75, 3.05) is 26.2 Å². The first-order valence-electron chi connectivity index (χ1n) is 13.4. The largest absolute Gasteiger partial charge is 0.416 e. The van der Waals surface area contributed by atoms with Crippen LogP contribution in [-0.4, -0.2) is 64.1 Å². The van der Waals surface area contributed by atoms with Gasteiger partial charge >= 0.3 is 0 Å². The molecule has 0 amide bonds. The molecular weight excluding hydrogens is 497 g/mol. The van der Waals surface area contributed by atoms with Crippen LogP contribution in [0.4, 0.5) is 0 Å². The fraction of sp³-hybridized carbons (Fsp3) is 0.607. The van der Waals surface area contributed by atoms with Gasteiger partial charge in [-0.3, -0.25) is 4.68 Å². The third-order valence-corrected chi connectivity index (χ3v) is 13.3. The second-order valence-corrected chi connectivity index (χ2v) is 18.5. The van der Waals surface area contributed by atoms with E-state index in [4.69, 9.17) is 9.52 Å². The minimum absolute atomic E-state index is 0.253. The predicted octanol–water partition coefficient (Wildman–Crippen LogP) is 6.30. The molecule has 3 aromatic rings.